The van der Waals surface area contributed by atoms with Crippen molar-refractivity contribution in [2.24, 2.45) is 0 Å². The van der Waals surface area contributed by atoms with E-state index in [1.807, 2.05) is 13.8 Å². The average Bonchev–Trinajstić information content (AvgIpc) is 2.82. The van der Waals surface area contributed by atoms with Gasteiger partial charge in [-0.1, -0.05) is 0 Å². The summed E-state index contributed by atoms with van der Waals surface area (Å²) < 4.78 is 49.0. The van der Waals surface area contributed by atoms with Crippen molar-refractivity contribution in [3.05, 3.63) is 17.0 Å². The molecular weight excluding hydrogens is 288 g/mol. The zero-order chi connectivity index (χ0) is 14.9. The van der Waals surface area contributed by atoms with Crippen LogP contribution < -0.4 is 5.32 Å². The Hall–Kier alpha value is -1.02. The molecule has 0 amide bonds. The highest BCUT2D eigenvalue weighted by Gasteiger charge is 2.31. The molecule has 0 aromatic carbocycles. The molecule has 1 atom stereocenters. The van der Waals surface area contributed by atoms with E-state index in [-0.39, 0.29) is 24.1 Å². The van der Waals surface area contributed by atoms with Gasteiger partial charge in [0.05, 0.1) is 29.8 Å². The van der Waals surface area contributed by atoms with Crippen molar-refractivity contribution in [3.8, 4) is 0 Å². The molecule has 8 heteroatoms. The summed E-state index contributed by atoms with van der Waals surface area (Å²) in [5.74, 6) is 0.299. The SMILES string of the molecule is Cc1nn(C2CCS(=O)(=O)C2)c(C)c1CNCC(F)F. The quantitative estimate of drug-likeness (QED) is 0.888. The maximum Gasteiger partial charge on any atom is 0.250 e. The van der Waals surface area contributed by atoms with Gasteiger partial charge >= 0.3 is 0 Å². The molecule has 20 heavy (non-hydrogen) atoms. The first kappa shape index (κ1) is 15.4. The molecule has 5 nitrogen and oxygen atoms in total. The summed E-state index contributed by atoms with van der Waals surface area (Å²) in [6.07, 6.45) is -1.82. The maximum absolute atomic E-state index is 12.1. The highest BCUT2D eigenvalue weighted by Crippen LogP contribution is 2.26. The molecule has 1 aliphatic heterocycles. The van der Waals surface area contributed by atoms with Crippen LogP contribution in [0.2, 0.25) is 0 Å². The minimum Gasteiger partial charge on any atom is -0.307 e. The van der Waals surface area contributed by atoms with Crippen LogP contribution in [0.3, 0.4) is 0 Å². The van der Waals surface area contributed by atoms with E-state index < -0.39 is 16.3 Å². The third kappa shape index (κ3) is 3.35. The van der Waals surface area contributed by atoms with Gasteiger partial charge in [0.25, 0.3) is 6.43 Å². The molecule has 2 heterocycles. The fourth-order valence-corrected chi connectivity index (χ4v) is 4.27. The molecule has 1 aromatic heterocycles. The normalized spacial score (nSPS) is 21.8. The fraction of sp³-hybridized carbons (Fsp3) is 0.750. The van der Waals surface area contributed by atoms with Crippen LogP contribution in [-0.2, 0) is 16.4 Å². The second-order valence-electron chi connectivity index (χ2n) is 5.17. The number of aromatic nitrogens is 2. The van der Waals surface area contributed by atoms with E-state index in [2.05, 4.69) is 10.4 Å². The van der Waals surface area contributed by atoms with Gasteiger partial charge in [0.15, 0.2) is 9.84 Å². The predicted octanol–water partition coefficient (Wildman–Crippen LogP) is 1.21. The summed E-state index contributed by atoms with van der Waals surface area (Å²) >= 11 is 0. The number of hydrogen-bond donors (Lipinski definition) is 1. The third-order valence-electron chi connectivity index (χ3n) is 3.63. The number of nitrogens with zero attached hydrogens (tertiary/aromatic N) is 2. The Morgan fingerprint density at radius 1 is 1.45 bits per heavy atom. The molecule has 1 N–H and O–H groups in total. The van der Waals surface area contributed by atoms with Gasteiger partial charge in [-0.25, -0.2) is 17.2 Å². The fourth-order valence-electron chi connectivity index (χ4n) is 2.58. The number of rotatable bonds is 5. The van der Waals surface area contributed by atoms with Gasteiger partial charge < -0.3 is 5.32 Å². The zero-order valence-corrected chi connectivity index (χ0v) is 12.4. The van der Waals surface area contributed by atoms with Crippen molar-refractivity contribution in [2.45, 2.75) is 39.3 Å². The van der Waals surface area contributed by atoms with Gasteiger partial charge in [-0.3, -0.25) is 4.68 Å². The number of sulfone groups is 1. The first-order valence-corrected chi connectivity index (χ1v) is 8.36. The van der Waals surface area contributed by atoms with Crippen molar-refractivity contribution in [1.82, 2.24) is 15.1 Å². The lowest BCUT2D eigenvalue weighted by Gasteiger charge is -2.11. The first-order valence-electron chi connectivity index (χ1n) is 6.54. The summed E-state index contributed by atoms with van der Waals surface area (Å²) in [5, 5.41) is 7.06. The molecule has 1 aliphatic rings. The molecule has 0 bridgehead atoms. The lowest BCUT2D eigenvalue weighted by molar-refractivity contribution is 0.145. The van der Waals surface area contributed by atoms with Crippen molar-refractivity contribution >= 4 is 9.84 Å². The lowest BCUT2D eigenvalue weighted by atomic mass is 10.2. The average molecular weight is 307 g/mol. The van der Waals surface area contributed by atoms with Crippen LogP contribution in [0.4, 0.5) is 8.78 Å². The monoisotopic (exact) mass is 307 g/mol. The van der Waals surface area contributed by atoms with E-state index in [9.17, 15) is 17.2 Å². The Kier molecular flexibility index (Phi) is 4.43. The highest BCUT2D eigenvalue weighted by atomic mass is 32.2. The van der Waals surface area contributed by atoms with Gasteiger partial charge in [-0.2, -0.15) is 5.10 Å². The van der Waals surface area contributed by atoms with Gasteiger partial charge in [0.2, 0.25) is 0 Å². The number of alkyl halides is 2. The Morgan fingerprint density at radius 2 is 2.15 bits per heavy atom. The molecule has 0 aliphatic carbocycles. The van der Waals surface area contributed by atoms with Crippen molar-refractivity contribution in [2.75, 3.05) is 18.1 Å². The molecule has 1 fully saturated rings. The minimum absolute atomic E-state index is 0.110. The highest BCUT2D eigenvalue weighted by molar-refractivity contribution is 7.91. The second kappa shape index (κ2) is 5.77. The van der Waals surface area contributed by atoms with Crippen molar-refractivity contribution < 1.29 is 17.2 Å². The topological polar surface area (TPSA) is 64.0 Å². The van der Waals surface area contributed by atoms with E-state index >= 15 is 0 Å². The van der Waals surface area contributed by atoms with Crippen LogP contribution in [0.25, 0.3) is 0 Å². The summed E-state index contributed by atoms with van der Waals surface area (Å²) in [4.78, 5) is 0. The summed E-state index contributed by atoms with van der Waals surface area (Å²) in [6.45, 7) is 3.63. The maximum atomic E-state index is 12.1. The molecule has 0 saturated carbocycles. The van der Waals surface area contributed by atoms with Crippen LogP contribution in [0.5, 0.6) is 0 Å². The van der Waals surface area contributed by atoms with Crippen molar-refractivity contribution in [3.63, 3.8) is 0 Å². The molecule has 0 spiro atoms. The van der Waals surface area contributed by atoms with Gasteiger partial charge in [0, 0.05) is 17.8 Å². The van der Waals surface area contributed by atoms with Crippen LogP contribution in [0.15, 0.2) is 0 Å². The van der Waals surface area contributed by atoms with Crippen LogP contribution in [0.1, 0.15) is 29.4 Å². The van der Waals surface area contributed by atoms with E-state index in [0.29, 0.717) is 13.0 Å². The molecule has 1 unspecified atom stereocenters. The lowest BCUT2D eigenvalue weighted by Crippen LogP contribution is -2.21. The number of hydrogen-bond acceptors (Lipinski definition) is 4. The molecule has 114 valence electrons. The molecular formula is C12H19F2N3O2S. The predicted molar refractivity (Wildman–Crippen MR) is 71.7 cm³/mol. The van der Waals surface area contributed by atoms with Crippen LogP contribution in [0, 0.1) is 13.8 Å². The Morgan fingerprint density at radius 3 is 2.70 bits per heavy atom. The van der Waals surface area contributed by atoms with Crippen LogP contribution in [-0.4, -0.2) is 42.7 Å². The summed E-state index contributed by atoms with van der Waals surface area (Å²) in [5.41, 5.74) is 2.48. The van der Waals surface area contributed by atoms with E-state index in [0.717, 1.165) is 17.0 Å². The number of halogens is 2. The van der Waals surface area contributed by atoms with Gasteiger partial charge in [0.1, 0.15) is 0 Å². The standard InChI is InChI=1S/C12H19F2N3O2S/c1-8-11(5-15-6-12(13)14)9(2)17(16-8)10-3-4-20(18,19)7-10/h10,12,15H,3-7H2,1-2H3. The number of nitrogens with one attached hydrogen (secondary N) is 1. The second-order valence-corrected chi connectivity index (χ2v) is 7.40. The number of aryl methyl sites for hydroxylation is 1. The molecule has 1 aromatic rings. The van der Waals surface area contributed by atoms with Gasteiger partial charge in [-0.15, -0.1) is 0 Å². The Bertz CT molecular complexity index is 584. The van der Waals surface area contributed by atoms with E-state index in [4.69, 9.17) is 0 Å². The van der Waals surface area contributed by atoms with Gasteiger partial charge in [-0.05, 0) is 20.3 Å². The smallest absolute Gasteiger partial charge is 0.250 e. The Balaban J connectivity index is 2.13. The molecule has 2 rings (SSSR count). The summed E-state index contributed by atoms with van der Waals surface area (Å²) in [6, 6.07) is -0.137. The minimum atomic E-state index is -2.97. The Labute approximate surface area is 117 Å². The van der Waals surface area contributed by atoms with E-state index in [1.165, 1.54) is 0 Å². The molecule has 1 saturated heterocycles. The zero-order valence-electron chi connectivity index (χ0n) is 11.6. The largest absolute Gasteiger partial charge is 0.307 e. The van der Waals surface area contributed by atoms with Crippen LogP contribution >= 0.6 is 0 Å². The summed E-state index contributed by atoms with van der Waals surface area (Å²) in [7, 11) is -2.97. The van der Waals surface area contributed by atoms with E-state index in [1.54, 1.807) is 4.68 Å². The first-order chi connectivity index (χ1) is 9.30. The van der Waals surface area contributed by atoms with Crippen molar-refractivity contribution in [1.29, 1.82) is 0 Å². The third-order valence-corrected chi connectivity index (χ3v) is 5.38. The molecule has 0 radical (unpaired) electrons.